The zero-order valence-electron chi connectivity index (χ0n) is 11.4. The van der Waals surface area contributed by atoms with Gasteiger partial charge in [0.2, 0.25) is 0 Å². The molecule has 1 aliphatic rings. The predicted molar refractivity (Wildman–Crippen MR) is 73.9 cm³/mol. The lowest BCUT2D eigenvalue weighted by Crippen LogP contribution is -2.24. The minimum absolute atomic E-state index is 0.210. The van der Waals surface area contributed by atoms with Gasteiger partial charge in [-0.25, -0.2) is 4.98 Å². The molecule has 0 amide bonds. The van der Waals surface area contributed by atoms with Gasteiger partial charge in [0.25, 0.3) is 0 Å². The largest absolute Gasteiger partial charge is 0.483 e. The number of hydrogen-bond acceptors (Lipinski definition) is 4. The van der Waals surface area contributed by atoms with Crippen molar-refractivity contribution < 1.29 is 9.47 Å². The first-order chi connectivity index (χ1) is 9.57. The van der Waals surface area contributed by atoms with Crippen LogP contribution in [0.15, 0.2) is 36.5 Å². The molecule has 0 radical (unpaired) electrons. The van der Waals surface area contributed by atoms with Gasteiger partial charge in [-0.15, -0.1) is 0 Å². The number of nitriles is 1. The highest BCUT2D eigenvalue weighted by molar-refractivity contribution is 5.51. The number of ether oxygens (including phenoxy) is 2. The summed E-state index contributed by atoms with van der Waals surface area (Å²) < 4.78 is 11.8. The van der Waals surface area contributed by atoms with Crippen molar-refractivity contribution >= 4 is 0 Å². The summed E-state index contributed by atoms with van der Waals surface area (Å²) in [7, 11) is 0. The molecule has 0 unspecified atom stereocenters. The van der Waals surface area contributed by atoms with Crippen LogP contribution >= 0.6 is 0 Å². The number of benzene rings is 1. The molecule has 0 N–H and O–H groups in total. The molecule has 2 heterocycles. The molecule has 0 atom stereocenters. The highest BCUT2D eigenvalue weighted by Crippen LogP contribution is 2.43. The van der Waals surface area contributed by atoms with E-state index < -0.39 is 0 Å². The van der Waals surface area contributed by atoms with Crippen LogP contribution in [0.3, 0.4) is 0 Å². The summed E-state index contributed by atoms with van der Waals surface area (Å²) in [6, 6.07) is 11.2. The number of aromatic nitrogens is 1. The highest BCUT2D eigenvalue weighted by atomic mass is 16.5. The van der Waals surface area contributed by atoms with E-state index in [1.165, 1.54) is 0 Å². The minimum Gasteiger partial charge on any atom is -0.483 e. The Labute approximate surface area is 117 Å². The Balaban J connectivity index is 1.94. The van der Waals surface area contributed by atoms with Crippen molar-refractivity contribution in [1.29, 1.82) is 5.26 Å². The summed E-state index contributed by atoms with van der Waals surface area (Å²) in [5, 5.41) is 8.86. The third-order valence-electron chi connectivity index (χ3n) is 3.13. The molecule has 0 fully saturated rings. The van der Waals surface area contributed by atoms with E-state index in [-0.39, 0.29) is 5.60 Å². The third-order valence-corrected chi connectivity index (χ3v) is 3.13. The molecule has 0 aliphatic carbocycles. The van der Waals surface area contributed by atoms with Crippen molar-refractivity contribution in [2.45, 2.75) is 25.9 Å². The third kappa shape index (κ3) is 2.30. The number of fused-ring (bicyclic) bond motifs is 1. The van der Waals surface area contributed by atoms with E-state index in [0.29, 0.717) is 17.2 Å². The van der Waals surface area contributed by atoms with Crippen LogP contribution in [-0.4, -0.2) is 10.6 Å². The molecule has 100 valence electrons. The first-order valence-electron chi connectivity index (χ1n) is 6.42. The first kappa shape index (κ1) is 12.5. The van der Waals surface area contributed by atoms with E-state index >= 15 is 0 Å². The number of pyridine rings is 1. The van der Waals surface area contributed by atoms with Crippen LogP contribution in [0.25, 0.3) is 0 Å². The summed E-state index contributed by atoms with van der Waals surface area (Å²) in [4.78, 5) is 3.92. The van der Waals surface area contributed by atoms with E-state index in [2.05, 4.69) is 18.8 Å². The van der Waals surface area contributed by atoms with Crippen LogP contribution in [0.2, 0.25) is 0 Å². The second-order valence-corrected chi connectivity index (χ2v) is 5.37. The Morgan fingerprint density at radius 3 is 3.00 bits per heavy atom. The lowest BCUT2D eigenvalue weighted by molar-refractivity contribution is 0.135. The van der Waals surface area contributed by atoms with Crippen LogP contribution in [0.1, 0.15) is 25.1 Å². The van der Waals surface area contributed by atoms with E-state index in [0.717, 1.165) is 17.7 Å². The Morgan fingerprint density at radius 2 is 2.20 bits per heavy atom. The Morgan fingerprint density at radius 1 is 1.35 bits per heavy atom. The average Bonchev–Trinajstić information content (AvgIpc) is 2.74. The van der Waals surface area contributed by atoms with Crippen LogP contribution < -0.4 is 9.47 Å². The molecule has 1 aliphatic heterocycles. The topological polar surface area (TPSA) is 55.1 Å². The minimum atomic E-state index is -0.210. The van der Waals surface area contributed by atoms with Gasteiger partial charge in [0, 0.05) is 24.2 Å². The van der Waals surface area contributed by atoms with Crippen LogP contribution in [0.5, 0.6) is 17.2 Å². The maximum Gasteiger partial charge on any atom is 0.169 e. The van der Waals surface area contributed by atoms with Gasteiger partial charge >= 0.3 is 0 Å². The zero-order chi connectivity index (χ0) is 14.2. The van der Waals surface area contributed by atoms with Crippen LogP contribution in [-0.2, 0) is 6.42 Å². The molecule has 4 nitrogen and oxygen atoms in total. The van der Waals surface area contributed by atoms with Crippen LogP contribution in [0, 0.1) is 11.3 Å². The fraction of sp³-hybridized carbons (Fsp3) is 0.250. The van der Waals surface area contributed by atoms with Gasteiger partial charge in [-0.05, 0) is 26.0 Å². The van der Waals surface area contributed by atoms with Crippen LogP contribution in [0.4, 0.5) is 0 Å². The van der Waals surface area contributed by atoms with Gasteiger partial charge in [0.1, 0.15) is 23.1 Å². The number of para-hydroxylation sites is 1. The van der Waals surface area contributed by atoms with Crippen molar-refractivity contribution in [3.8, 4) is 23.3 Å². The van der Waals surface area contributed by atoms with Gasteiger partial charge in [0.05, 0.1) is 0 Å². The monoisotopic (exact) mass is 266 g/mol. The molecule has 1 aromatic heterocycles. The maximum atomic E-state index is 8.86. The summed E-state index contributed by atoms with van der Waals surface area (Å²) in [5.74, 6) is 2.04. The smallest absolute Gasteiger partial charge is 0.169 e. The van der Waals surface area contributed by atoms with Crippen molar-refractivity contribution in [1.82, 2.24) is 4.98 Å². The van der Waals surface area contributed by atoms with Gasteiger partial charge in [0.15, 0.2) is 11.5 Å². The van der Waals surface area contributed by atoms with Crippen molar-refractivity contribution in [3.63, 3.8) is 0 Å². The molecular weight excluding hydrogens is 252 g/mol. The molecule has 0 bridgehead atoms. The summed E-state index contributed by atoms with van der Waals surface area (Å²) in [6.07, 6.45) is 2.42. The van der Waals surface area contributed by atoms with Gasteiger partial charge in [-0.3, -0.25) is 0 Å². The molecule has 20 heavy (non-hydrogen) atoms. The molecule has 1 aromatic carbocycles. The Bertz CT molecular complexity index is 702. The number of nitrogens with zero attached hydrogens (tertiary/aromatic N) is 2. The maximum absolute atomic E-state index is 8.86. The first-order valence-corrected chi connectivity index (χ1v) is 6.42. The molecule has 4 heteroatoms. The number of hydrogen-bond donors (Lipinski definition) is 0. The Hall–Kier alpha value is -2.54. The van der Waals surface area contributed by atoms with E-state index in [1.54, 1.807) is 18.3 Å². The standard InChI is InChI=1S/C16H14N2O2/c1-16(2)9-11-4-3-5-14(15(11)20-16)19-13-6-7-18-12(8-13)10-17/h3-8H,9H2,1-2H3. The molecular formula is C16H14N2O2. The van der Waals surface area contributed by atoms with Gasteiger partial charge in [-0.1, -0.05) is 12.1 Å². The van der Waals surface area contributed by atoms with Crippen molar-refractivity contribution in [2.24, 2.45) is 0 Å². The molecule has 0 spiro atoms. The second-order valence-electron chi connectivity index (χ2n) is 5.37. The van der Waals surface area contributed by atoms with E-state index in [9.17, 15) is 0 Å². The molecule has 2 aromatic rings. The number of rotatable bonds is 2. The predicted octanol–water partition coefficient (Wildman–Crippen LogP) is 3.46. The summed E-state index contributed by atoms with van der Waals surface area (Å²) in [6.45, 7) is 4.11. The molecule has 0 saturated carbocycles. The molecule has 0 saturated heterocycles. The quantitative estimate of drug-likeness (QED) is 0.835. The van der Waals surface area contributed by atoms with Gasteiger partial charge < -0.3 is 9.47 Å². The second kappa shape index (κ2) is 4.53. The summed E-state index contributed by atoms with van der Waals surface area (Å²) in [5.41, 5.74) is 1.26. The summed E-state index contributed by atoms with van der Waals surface area (Å²) >= 11 is 0. The molecule has 3 rings (SSSR count). The van der Waals surface area contributed by atoms with E-state index in [1.807, 2.05) is 24.3 Å². The normalized spacial score (nSPS) is 15.1. The van der Waals surface area contributed by atoms with Crippen molar-refractivity contribution in [2.75, 3.05) is 0 Å². The lowest BCUT2D eigenvalue weighted by Gasteiger charge is -2.18. The SMILES string of the molecule is CC1(C)Cc2cccc(Oc3ccnc(C#N)c3)c2O1. The van der Waals surface area contributed by atoms with E-state index in [4.69, 9.17) is 14.7 Å². The van der Waals surface area contributed by atoms with Crippen molar-refractivity contribution in [3.05, 3.63) is 47.8 Å². The Kier molecular flexibility index (Phi) is 2.83. The average molecular weight is 266 g/mol. The fourth-order valence-electron chi connectivity index (χ4n) is 2.33. The van der Waals surface area contributed by atoms with Gasteiger partial charge in [-0.2, -0.15) is 5.26 Å². The fourth-order valence-corrected chi connectivity index (χ4v) is 2.33. The lowest BCUT2D eigenvalue weighted by atomic mass is 10.0. The zero-order valence-corrected chi connectivity index (χ0v) is 11.4. The highest BCUT2D eigenvalue weighted by Gasteiger charge is 2.32.